The van der Waals surface area contributed by atoms with Crippen molar-refractivity contribution in [1.29, 1.82) is 0 Å². The fourth-order valence-electron chi connectivity index (χ4n) is 2.60. The smallest absolute Gasteiger partial charge is 0.306 e. The third-order valence-electron chi connectivity index (χ3n) is 4.04. The Bertz CT molecular complexity index is 479. The Kier molecular flexibility index (Phi) is 21.0. The predicted octanol–water partition coefficient (Wildman–Crippen LogP) is 0.892. The standard InChI is InChI=1S/C20H39N3O6.H4Si/c1-4-8-18(23-26)28-16(11-7-13-22-14-12-21)17(29-20(25)10-6-3)15-27-19(24)9-5-2;/h16-17,22,26H,4-15,21H2,1-3H3;1H4. The molecule has 0 aliphatic carbocycles. The van der Waals surface area contributed by atoms with E-state index in [1.165, 1.54) is 0 Å². The SMILES string of the molecule is CCCC(=O)OCC(OC(=O)CCC)C(CCCNCCN)OC(CCC)=NO.[SiH4]. The van der Waals surface area contributed by atoms with Crippen LogP contribution < -0.4 is 11.1 Å². The van der Waals surface area contributed by atoms with Gasteiger partial charge in [0.05, 0.1) is 0 Å². The monoisotopic (exact) mass is 449 g/mol. The van der Waals surface area contributed by atoms with Crippen LogP contribution in [0.5, 0.6) is 0 Å². The summed E-state index contributed by atoms with van der Waals surface area (Å²) in [5.74, 6) is -0.558. The molecule has 0 heterocycles. The molecular formula is C20H43N3O6Si. The van der Waals surface area contributed by atoms with Crippen LogP contribution in [-0.2, 0) is 23.8 Å². The molecule has 0 spiro atoms. The van der Waals surface area contributed by atoms with Crippen LogP contribution in [0.15, 0.2) is 5.16 Å². The van der Waals surface area contributed by atoms with Crippen molar-refractivity contribution in [2.75, 3.05) is 26.2 Å². The number of hydrogen-bond donors (Lipinski definition) is 3. The van der Waals surface area contributed by atoms with Crippen molar-refractivity contribution in [1.82, 2.24) is 5.32 Å². The van der Waals surface area contributed by atoms with Crippen molar-refractivity contribution in [2.24, 2.45) is 10.9 Å². The second-order valence-corrected chi connectivity index (χ2v) is 6.79. The van der Waals surface area contributed by atoms with Crippen LogP contribution in [0.1, 0.15) is 72.1 Å². The molecule has 0 saturated heterocycles. The largest absolute Gasteiger partial charge is 0.471 e. The Morgan fingerprint density at radius 3 is 2.17 bits per heavy atom. The zero-order valence-corrected chi connectivity index (χ0v) is 18.2. The van der Waals surface area contributed by atoms with E-state index in [2.05, 4.69) is 10.5 Å². The quantitative estimate of drug-likeness (QED) is 0.0567. The van der Waals surface area contributed by atoms with Crippen LogP contribution in [-0.4, -0.2) is 72.5 Å². The summed E-state index contributed by atoms with van der Waals surface area (Å²) in [4.78, 5) is 23.9. The number of carbonyl (C=O) groups excluding carboxylic acids is 2. The summed E-state index contributed by atoms with van der Waals surface area (Å²) in [5, 5.41) is 15.6. The van der Waals surface area contributed by atoms with Crippen molar-refractivity contribution >= 4 is 28.8 Å². The van der Waals surface area contributed by atoms with Crippen molar-refractivity contribution in [3.63, 3.8) is 0 Å². The highest BCUT2D eigenvalue weighted by atomic mass is 28.1. The van der Waals surface area contributed by atoms with Crippen molar-refractivity contribution < 1.29 is 29.0 Å². The van der Waals surface area contributed by atoms with Gasteiger partial charge >= 0.3 is 11.9 Å². The molecule has 0 aromatic carbocycles. The van der Waals surface area contributed by atoms with Crippen LogP contribution >= 0.6 is 0 Å². The van der Waals surface area contributed by atoms with Crippen LogP contribution in [0.4, 0.5) is 0 Å². The maximum Gasteiger partial charge on any atom is 0.306 e. The average molecular weight is 450 g/mol. The molecule has 0 aliphatic heterocycles. The van der Waals surface area contributed by atoms with Crippen molar-refractivity contribution in [3.05, 3.63) is 0 Å². The lowest BCUT2D eigenvalue weighted by atomic mass is 10.1. The topological polar surface area (TPSA) is 132 Å². The van der Waals surface area contributed by atoms with Gasteiger partial charge in [0.25, 0.3) is 0 Å². The first-order valence-corrected chi connectivity index (χ1v) is 10.7. The highest BCUT2D eigenvalue weighted by molar-refractivity contribution is 5.76. The van der Waals surface area contributed by atoms with Crippen LogP contribution in [0, 0.1) is 0 Å². The second kappa shape index (κ2) is 20.6. The molecule has 0 fully saturated rings. The molecule has 0 rings (SSSR count). The summed E-state index contributed by atoms with van der Waals surface area (Å²) < 4.78 is 16.7. The van der Waals surface area contributed by atoms with E-state index in [1.54, 1.807) is 0 Å². The number of carbonyl (C=O) groups is 2. The van der Waals surface area contributed by atoms with Gasteiger partial charge in [-0.3, -0.25) is 9.59 Å². The molecule has 0 aliphatic rings. The first-order chi connectivity index (χ1) is 14.0. The minimum Gasteiger partial charge on any atom is -0.471 e. The fraction of sp³-hybridized carbons (Fsp3) is 0.850. The molecule has 178 valence electrons. The zero-order chi connectivity index (χ0) is 21.9. The van der Waals surface area contributed by atoms with Gasteiger partial charge in [-0.2, -0.15) is 0 Å². The van der Waals surface area contributed by atoms with Gasteiger partial charge in [-0.1, -0.05) is 25.9 Å². The molecule has 9 nitrogen and oxygen atoms in total. The minimum atomic E-state index is -0.780. The Hall–Kier alpha value is -1.65. The second-order valence-electron chi connectivity index (χ2n) is 6.79. The van der Waals surface area contributed by atoms with Crippen LogP contribution in [0.25, 0.3) is 0 Å². The van der Waals surface area contributed by atoms with Gasteiger partial charge in [0.1, 0.15) is 12.7 Å². The molecule has 2 atom stereocenters. The van der Waals surface area contributed by atoms with Crippen molar-refractivity contribution in [3.8, 4) is 0 Å². The first-order valence-electron chi connectivity index (χ1n) is 10.7. The molecule has 2 unspecified atom stereocenters. The normalized spacial score (nSPS) is 13.1. The summed E-state index contributed by atoms with van der Waals surface area (Å²) in [6.45, 7) is 7.56. The number of nitrogens with zero attached hydrogens (tertiary/aromatic N) is 1. The highest BCUT2D eigenvalue weighted by Gasteiger charge is 2.29. The number of hydrogen-bond acceptors (Lipinski definition) is 9. The van der Waals surface area contributed by atoms with Gasteiger partial charge in [0, 0.05) is 32.4 Å². The maximum absolute atomic E-state index is 12.1. The Morgan fingerprint density at radius 1 is 0.967 bits per heavy atom. The lowest BCUT2D eigenvalue weighted by Crippen LogP contribution is -2.40. The molecule has 0 bridgehead atoms. The Balaban J connectivity index is 0. The van der Waals surface area contributed by atoms with E-state index in [0.717, 1.165) is 12.8 Å². The molecule has 0 aromatic rings. The number of esters is 2. The van der Waals surface area contributed by atoms with E-state index in [9.17, 15) is 14.8 Å². The molecule has 0 saturated carbocycles. The number of rotatable bonds is 17. The molecule has 4 N–H and O–H groups in total. The average Bonchev–Trinajstić information content (AvgIpc) is 2.69. The molecule has 0 radical (unpaired) electrons. The number of nitrogens with one attached hydrogen (secondary N) is 1. The van der Waals surface area contributed by atoms with Gasteiger partial charge in [-0.15, -0.1) is 0 Å². The first kappa shape index (κ1) is 30.5. The number of oxime groups is 1. The van der Waals surface area contributed by atoms with Crippen molar-refractivity contribution in [2.45, 2.75) is 84.3 Å². The van der Waals surface area contributed by atoms with Gasteiger partial charge < -0.3 is 30.5 Å². The molecule has 0 amide bonds. The van der Waals surface area contributed by atoms with Gasteiger partial charge in [-0.05, 0) is 49.6 Å². The summed E-state index contributed by atoms with van der Waals surface area (Å²) in [7, 11) is 0. The minimum absolute atomic E-state index is 0. The maximum atomic E-state index is 12.1. The highest BCUT2D eigenvalue weighted by Crippen LogP contribution is 2.16. The van der Waals surface area contributed by atoms with Gasteiger partial charge in [0.15, 0.2) is 6.10 Å². The van der Waals surface area contributed by atoms with E-state index in [4.69, 9.17) is 19.9 Å². The van der Waals surface area contributed by atoms with Crippen LogP contribution in [0.2, 0.25) is 0 Å². The summed E-state index contributed by atoms with van der Waals surface area (Å²) >= 11 is 0. The summed E-state index contributed by atoms with van der Waals surface area (Å²) in [6, 6.07) is 0. The molecule has 30 heavy (non-hydrogen) atoms. The Morgan fingerprint density at radius 2 is 1.60 bits per heavy atom. The zero-order valence-electron chi connectivity index (χ0n) is 18.2. The van der Waals surface area contributed by atoms with Gasteiger partial charge in [0.2, 0.25) is 5.90 Å². The third-order valence-corrected chi connectivity index (χ3v) is 4.04. The molecule has 0 aromatic heterocycles. The fourth-order valence-corrected chi connectivity index (χ4v) is 2.60. The van der Waals surface area contributed by atoms with Crippen LogP contribution in [0.3, 0.4) is 0 Å². The number of nitrogens with two attached hydrogens (primary N) is 1. The number of ether oxygens (including phenoxy) is 3. The molecular weight excluding hydrogens is 406 g/mol. The Labute approximate surface area is 185 Å². The summed E-state index contributed by atoms with van der Waals surface area (Å²) in [5.41, 5.74) is 5.48. The predicted molar refractivity (Wildman–Crippen MR) is 122 cm³/mol. The lowest BCUT2D eigenvalue weighted by Gasteiger charge is -2.28. The summed E-state index contributed by atoms with van der Waals surface area (Å²) in [6.07, 6.45) is 2.93. The van der Waals surface area contributed by atoms with Gasteiger partial charge in [-0.25, -0.2) is 0 Å². The van der Waals surface area contributed by atoms with E-state index >= 15 is 0 Å². The molecule has 10 heteroatoms. The van der Waals surface area contributed by atoms with E-state index < -0.39 is 12.2 Å². The lowest BCUT2D eigenvalue weighted by molar-refractivity contribution is -0.166. The van der Waals surface area contributed by atoms with E-state index in [-0.39, 0.29) is 41.8 Å². The van der Waals surface area contributed by atoms with E-state index in [1.807, 2.05) is 20.8 Å². The van der Waals surface area contributed by atoms with E-state index in [0.29, 0.717) is 51.7 Å². The third kappa shape index (κ3) is 15.2.